The maximum atomic E-state index is 12.5. The molecule has 2 N–H and O–H groups in total. The third-order valence-electron chi connectivity index (χ3n) is 4.13. The first kappa shape index (κ1) is 13.1. The number of amides is 1. The van der Waals surface area contributed by atoms with Crippen molar-refractivity contribution >= 4 is 17.6 Å². The van der Waals surface area contributed by atoms with Gasteiger partial charge in [0.1, 0.15) is 5.92 Å². The second-order valence-electron chi connectivity index (χ2n) is 5.40. The van der Waals surface area contributed by atoms with Crippen molar-refractivity contribution in [2.45, 2.75) is 12.2 Å². The molecule has 1 fully saturated rings. The first-order valence-corrected chi connectivity index (χ1v) is 6.90. The minimum atomic E-state index is -1.03. The predicted molar refractivity (Wildman–Crippen MR) is 73.6 cm³/mol. The van der Waals surface area contributed by atoms with Gasteiger partial charge in [0.15, 0.2) is 11.5 Å². The van der Waals surface area contributed by atoms with Crippen LogP contribution in [-0.2, 0) is 14.3 Å². The molecule has 4 atom stereocenters. The average molecular weight is 303 g/mol. The zero-order valence-corrected chi connectivity index (χ0v) is 11.4. The van der Waals surface area contributed by atoms with E-state index in [1.165, 1.54) is 0 Å². The third-order valence-corrected chi connectivity index (χ3v) is 4.13. The van der Waals surface area contributed by atoms with Gasteiger partial charge in [0.25, 0.3) is 0 Å². The Balaban J connectivity index is 1.55. The maximum Gasteiger partial charge on any atom is 0.310 e. The van der Waals surface area contributed by atoms with E-state index in [0.29, 0.717) is 17.2 Å². The zero-order valence-electron chi connectivity index (χ0n) is 11.4. The van der Waals surface area contributed by atoms with E-state index in [2.05, 4.69) is 5.32 Å². The summed E-state index contributed by atoms with van der Waals surface area (Å²) in [6.07, 6.45) is 2.43. The molecule has 1 aromatic carbocycles. The van der Waals surface area contributed by atoms with Gasteiger partial charge in [-0.1, -0.05) is 12.2 Å². The average Bonchev–Trinajstić information content (AvgIpc) is 3.20. The van der Waals surface area contributed by atoms with Crippen LogP contribution < -0.4 is 14.8 Å². The van der Waals surface area contributed by atoms with Crippen molar-refractivity contribution in [3.8, 4) is 11.5 Å². The van der Waals surface area contributed by atoms with E-state index < -0.39 is 30.0 Å². The molecule has 0 unspecified atom stereocenters. The third kappa shape index (κ3) is 1.93. The molecule has 1 saturated heterocycles. The van der Waals surface area contributed by atoms with Crippen LogP contribution >= 0.6 is 0 Å². The number of aliphatic carboxylic acids is 1. The second kappa shape index (κ2) is 4.74. The Labute approximate surface area is 125 Å². The van der Waals surface area contributed by atoms with Gasteiger partial charge in [-0.3, -0.25) is 9.59 Å². The molecule has 4 rings (SSSR count). The first-order valence-electron chi connectivity index (χ1n) is 6.90. The van der Waals surface area contributed by atoms with Gasteiger partial charge in [0.05, 0.1) is 18.1 Å². The molecule has 3 aliphatic heterocycles. The van der Waals surface area contributed by atoms with Gasteiger partial charge in [0.2, 0.25) is 12.7 Å². The van der Waals surface area contributed by atoms with Crippen LogP contribution in [0.25, 0.3) is 0 Å². The summed E-state index contributed by atoms with van der Waals surface area (Å²) in [4.78, 5) is 23.8. The highest BCUT2D eigenvalue weighted by Gasteiger charge is 2.53. The molecule has 0 radical (unpaired) electrons. The SMILES string of the molecule is O=C(Nc1ccc2c(c1)OCO2)[C@@H]1[C@@H](C(=O)O)[C@H]2C=C[C@@H]1O2. The van der Waals surface area contributed by atoms with E-state index in [1.807, 2.05) is 0 Å². The fourth-order valence-corrected chi connectivity index (χ4v) is 3.11. The number of benzene rings is 1. The van der Waals surface area contributed by atoms with Gasteiger partial charge >= 0.3 is 5.97 Å². The molecule has 2 bridgehead atoms. The Morgan fingerprint density at radius 3 is 2.59 bits per heavy atom. The summed E-state index contributed by atoms with van der Waals surface area (Å²) in [7, 11) is 0. The summed E-state index contributed by atoms with van der Waals surface area (Å²) in [6.45, 7) is 0.152. The molecular formula is C15H13NO6. The summed E-state index contributed by atoms with van der Waals surface area (Å²) < 4.78 is 16.0. The molecule has 22 heavy (non-hydrogen) atoms. The number of fused-ring (bicyclic) bond motifs is 3. The van der Waals surface area contributed by atoms with Crippen molar-refractivity contribution in [3.05, 3.63) is 30.4 Å². The number of nitrogens with one attached hydrogen (secondary N) is 1. The molecule has 7 nitrogen and oxygen atoms in total. The van der Waals surface area contributed by atoms with Crippen molar-refractivity contribution in [1.82, 2.24) is 0 Å². The molecule has 7 heteroatoms. The number of carbonyl (C=O) groups is 2. The lowest BCUT2D eigenvalue weighted by Gasteiger charge is -2.21. The molecule has 1 amide bonds. The van der Waals surface area contributed by atoms with Crippen LogP contribution in [0.3, 0.4) is 0 Å². The van der Waals surface area contributed by atoms with Crippen molar-refractivity contribution < 1.29 is 28.9 Å². The Morgan fingerprint density at radius 2 is 1.82 bits per heavy atom. The number of hydrogen-bond donors (Lipinski definition) is 2. The van der Waals surface area contributed by atoms with Crippen LogP contribution in [0.15, 0.2) is 30.4 Å². The van der Waals surface area contributed by atoms with E-state index >= 15 is 0 Å². The van der Waals surface area contributed by atoms with Crippen LogP contribution in [0.1, 0.15) is 0 Å². The normalized spacial score (nSPS) is 30.5. The van der Waals surface area contributed by atoms with E-state index in [4.69, 9.17) is 14.2 Å². The minimum absolute atomic E-state index is 0.152. The highest BCUT2D eigenvalue weighted by Crippen LogP contribution is 2.40. The molecule has 0 aromatic heterocycles. The number of rotatable bonds is 3. The summed E-state index contributed by atoms with van der Waals surface area (Å²) in [6, 6.07) is 5.04. The lowest BCUT2D eigenvalue weighted by Crippen LogP contribution is -2.39. The molecule has 0 aliphatic carbocycles. The zero-order chi connectivity index (χ0) is 15.3. The largest absolute Gasteiger partial charge is 0.481 e. The van der Waals surface area contributed by atoms with Gasteiger partial charge in [0, 0.05) is 11.8 Å². The molecule has 3 aliphatic rings. The number of carboxylic acid groups (broad SMARTS) is 1. The molecule has 1 aromatic rings. The van der Waals surface area contributed by atoms with Crippen LogP contribution in [0.4, 0.5) is 5.69 Å². The second-order valence-corrected chi connectivity index (χ2v) is 5.40. The maximum absolute atomic E-state index is 12.5. The molecule has 3 heterocycles. The summed E-state index contributed by atoms with van der Waals surface area (Å²) >= 11 is 0. The fraction of sp³-hybridized carbons (Fsp3) is 0.333. The topological polar surface area (TPSA) is 94.1 Å². The smallest absolute Gasteiger partial charge is 0.310 e. The molecule has 0 saturated carbocycles. The Kier molecular flexibility index (Phi) is 2.83. The molecular weight excluding hydrogens is 290 g/mol. The predicted octanol–water partition coefficient (Wildman–Crippen LogP) is 1.01. The fourth-order valence-electron chi connectivity index (χ4n) is 3.11. The Bertz CT molecular complexity index is 685. The first-order chi connectivity index (χ1) is 10.6. The van der Waals surface area contributed by atoms with Crippen LogP contribution in [0.2, 0.25) is 0 Å². The Morgan fingerprint density at radius 1 is 1.09 bits per heavy atom. The van der Waals surface area contributed by atoms with E-state index in [0.717, 1.165) is 0 Å². The molecule has 114 valence electrons. The van der Waals surface area contributed by atoms with E-state index in [-0.39, 0.29) is 12.7 Å². The number of ether oxygens (including phenoxy) is 3. The Hall–Kier alpha value is -2.54. The summed E-state index contributed by atoms with van der Waals surface area (Å²) in [5.41, 5.74) is 0.533. The lowest BCUT2D eigenvalue weighted by molar-refractivity contribution is -0.145. The summed E-state index contributed by atoms with van der Waals surface area (Å²) in [5, 5.41) is 12.0. The van der Waals surface area contributed by atoms with Crippen molar-refractivity contribution in [3.63, 3.8) is 0 Å². The van der Waals surface area contributed by atoms with Crippen molar-refractivity contribution in [1.29, 1.82) is 0 Å². The monoisotopic (exact) mass is 303 g/mol. The highest BCUT2D eigenvalue weighted by molar-refractivity contribution is 5.97. The van der Waals surface area contributed by atoms with Gasteiger partial charge in [-0.15, -0.1) is 0 Å². The van der Waals surface area contributed by atoms with Crippen LogP contribution in [-0.4, -0.2) is 36.0 Å². The number of anilines is 1. The standard InChI is InChI=1S/C15H13NO6/c17-14(12-9-3-4-10(22-9)13(12)15(18)19)16-7-1-2-8-11(5-7)21-6-20-8/h1-5,9-10,12-13H,6H2,(H,16,17)(H,18,19)/t9-,10+,12-,13-/m0/s1. The van der Waals surface area contributed by atoms with E-state index in [1.54, 1.807) is 30.4 Å². The van der Waals surface area contributed by atoms with Gasteiger partial charge in [-0.25, -0.2) is 0 Å². The highest BCUT2D eigenvalue weighted by atomic mass is 16.7. The summed E-state index contributed by atoms with van der Waals surface area (Å²) in [5.74, 6) is -1.82. The van der Waals surface area contributed by atoms with Gasteiger partial charge in [-0.2, -0.15) is 0 Å². The van der Waals surface area contributed by atoms with Gasteiger partial charge in [-0.05, 0) is 12.1 Å². The molecule has 0 spiro atoms. The van der Waals surface area contributed by atoms with Crippen molar-refractivity contribution in [2.75, 3.05) is 12.1 Å². The minimum Gasteiger partial charge on any atom is -0.481 e. The van der Waals surface area contributed by atoms with Crippen LogP contribution in [0, 0.1) is 11.8 Å². The lowest BCUT2D eigenvalue weighted by atomic mass is 9.82. The number of carbonyl (C=O) groups excluding carboxylic acids is 1. The van der Waals surface area contributed by atoms with Crippen LogP contribution in [0.5, 0.6) is 11.5 Å². The number of hydrogen-bond acceptors (Lipinski definition) is 5. The van der Waals surface area contributed by atoms with E-state index in [9.17, 15) is 14.7 Å². The van der Waals surface area contributed by atoms with Crippen molar-refractivity contribution in [2.24, 2.45) is 11.8 Å². The van der Waals surface area contributed by atoms with Gasteiger partial charge < -0.3 is 24.6 Å². The quantitative estimate of drug-likeness (QED) is 0.809. The number of carboxylic acids is 1.